The van der Waals surface area contributed by atoms with Crippen molar-refractivity contribution in [3.8, 4) is 0 Å². The van der Waals surface area contributed by atoms with Gasteiger partial charge in [0.1, 0.15) is 0 Å². The second kappa shape index (κ2) is 15.7. The van der Waals surface area contributed by atoms with Crippen LogP contribution in [0, 0.1) is 0 Å². The van der Waals surface area contributed by atoms with E-state index in [0.717, 1.165) is 34.6 Å². The number of anilines is 3. The van der Waals surface area contributed by atoms with E-state index in [4.69, 9.17) is 0 Å². The molecule has 0 heterocycles. The first-order valence-electron chi connectivity index (χ1n) is 14.5. The van der Waals surface area contributed by atoms with Crippen molar-refractivity contribution in [3.05, 3.63) is 85.8 Å². The van der Waals surface area contributed by atoms with Crippen molar-refractivity contribution in [1.82, 2.24) is 0 Å². The van der Waals surface area contributed by atoms with E-state index < -0.39 is 0 Å². The van der Waals surface area contributed by atoms with Crippen molar-refractivity contribution in [1.29, 1.82) is 0 Å². The van der Waals surface area contributed by atoms with Gasteiger partial charge in [0.2, 0.25) is 0 Å². The van der Waals surface area contributed by atoms with Gasteiger partial charge in [-0.15, -0.1) is 0 Å². The molecule has 3 aromatic carbocycles. The summed E-state index contributed by atoms with van der Waals surface area (Å²) in [6.07, 6.45) is 14.3. The van der Waals surface area contributed by atoms with Gasteiger partial charge >= 0.3 is 0 Å². The molecule has 0 fully saturated rings. The van der Waals surface area contributed by atoms with Crippen LogP contribution >= 0.6 is 31.9 Å². The SMILES string of the molecule is CCCCc1cc(CCCC)cc(N(c2cc(Br)cc(Br)c2)c2cc(CCCC)cc(CCCC)c2)c1. The van der Waals surface area contributed by atoms with Crippen LogP contribution in [0.5, 0.6) is 0 Å². The Morgan fingerprint density at radius 2 is 0.730 bits per heavy atom. The molecule has 0 radical (unpaired) electrons. The van der Waals surface area contributed by atoms with Crippen molar-refractivity contribution >= 4 is 48.9 Å². The number of aryl methyl sites for hydroxylation is 4. The molecular weight excluding hydrogens is 582 g/mol. The number of unbranched alkanes of at least 4 members (excludes halogenated alkanes) is 4. The summed E-state index contributed by atoms with van der Waals surface area (Å²) in [6.45, 7) is 9.14. The van der Waals surface area contributed by atoms with E-state index in [9.17, 15) is 0 Å². The topological polar surface area (TPSA) is 3.24 Å². The molecule has 0 spiro atoms. The van der Waals surface area contributed by atoms with Gasteiger partial charge in [-0.05, 0) is 116 Å². The molecule has 0 amide bonds. The monoisotopic (exact) mass is 625 g/mol. The van der Waals surface area contributed by atoms with Crippen LogP contribution in [0.1, 0.15) is 101 Å². The van der Waals surface area contributed by atoms with Crippen LogP contribution < -0.4 is 4.90 Å². The van der Waals surface area contributed by atoms with Gasteiger partial charge in [-0.1, -0.05) is 97.4 Å². The first-order valence-corrected chi connectivity index (χ1v) is 16.1. The predicted molar refractivity (Wildman–Crippen MR) is 171 cm³/mol. The average Bonchev–Trinajstić information content (AvgIpc) is 2.88. The Kier molecular flexibility index (Phi) is 12.7. The fourth-order valence-electron chi connectivity index (χ4n) is 4.96. The van der Waals surface area contributed by atoms with Gasteiger partial charge < -0.3 is 4.90 Å². The second-order valence-electron chi connectivity index (χ2n) is 10.4. The summed E-state index contributed by atoms with van der Waals surface area (Å²) in [7, 11) is 0. The summed E-state index contributed by atoms with van der Waals surface area (Å²) in [4.78, 5) is 2.49. The maximum Gasteiger partial charge on any atom is 0.0484 e. The maximum absolute atomic E-state index is 3.76. The lowest BCUT2D eigenvalue weighted by Gasteiger charge is -2.28. The molecule has 1 nitrogen and oxygen atoms in total. The van der Waals surface area contributed by atoms with E-state index in [0.29, 0.717) is 0 Å². The number of nitrogens with zero attached hydrogens (tertiary/aromatic N) is 1. The third-order valence-electron chi connectivity index (χ3n) is 6.97. The molecule has 0 aromatic heterocycles. The Morgan fingerprint density at radius 3 is 1.03 bits per heavy atom. The summed E-state index contributed by atoms with van der Waals surface area (Å²) in [5.41, 5.74) is 9.56. The number of hydrogen-bond donors (Lipinski definition) is 0. The van der Waals surface area contributed by atoms with Gasteiger partial charge in [-0.25, -0.2) is 0 Å². The number of benzene rings is 3. The van der Waals surface area contributed by atoms with E-state index in [2.05, 4.69) is 119 Å². The molecule has 0 bridgehead atoms. The molecule has 0 N–H and O–H groups in total. The van der Waals surface area contributed by atoms with Gasteiger partial charge in [0.15, 0.2) is 0 Å². The molecule has 0 aliphatic carbocycles. The highest BCUT2D eigenvalue weighted by molar-refractivity contribution is 9.11. The van der Waals surface area contributed by atoms with Crippen molar-refractivity contribution < 1.29 is 0 Å². The van der Waals surface area contributed by atoms with E-state index in [1.54, 1.807) is 0 Å². The Balaban J connectivity index is 2.21. The number of rotatable bonds is 15. The molecule has 200 valence electrons. The van der Waals surface area contributed by atoms with Gasteiger partial charge in [-0.3, -0.25) is 0 Å². The molecule has 0 saturated heterocycles. The van der Waals surface area contributed by atoms with Crippen LogP contribution in [0.25, 0.3) is 0 Å². The van der Waals surface area contributed by atoms with Crippen LogP contribution in [0.3, 0.4) is 0 Å². The molecular formula is C34H45Br2N. The van der Waals surface area contributed by atoms with Gasteiger partial charge in [0.25, 0.3) is 0 Å². The number of hydrogen-bond acceptors (Lipinski definition) is 1. The third-order valence-corrected chi connectivity index (χ3v) is 7.89. The van der Waals surface area contributed by atoms with E-state index in [1.807, 2.05) is 0 Å². The van der Waals surface area contributed by atoms with Crippen LogP contribution in [-0.2, 0) is 25.7 Å². The lowest BCUT2D eigenvalue weighted by molar-refractivity contribution is 0.779. The van der Waals surface area contributed by atoms with Crippen LogP contribution in [0.2, 0.25) is 0 Å². The Labute approximate surface area is 243 Å². The first kappa shape index (κ1) is 30.0. The molecule has 0 aliphatic rings. The lowest BCUT2D eigenvalue weighted by atomic mass is 9.98. The summed E-state index contributed by atoms with van der Waals surface area (Å²) in [5.74, 6) is 0. The Morgan fingerprint density at radius 1 is 0.432 bits per heavy atom. The highest BCUT2D eigenvalue weighted by Gasteiger charge is 2.17. The minimum Gasteiger partial charge on any atom is -0.310 e. The van der Waals surface area contributed by atoms with Gasteiger partial charge in [-0.2, -0.15) is 0 Å². The van der Waals surface area contributed by atoms with Gasteiger partial charge in [0.05, 0.1) is 0 Å². The molecule has 0 saturated carbocycles. The minimum absolute atomic E-state index is 1.09. The minimum atomic E-state index is 1.09. The van der Waals surface area contributed by atoms with E-state index >= 15 is 0 Å². The fraction of sp³-hybridized carbons (Fsp3) is 0.471. The summed E-state index contributed by atoms with van der Waals surface area (Å²) >= 11 is 7.53. The summed E-state index contributed by atoms with van der Waals surface area (Å²) in [5, 5.41) is 0. The van der Waals surface area contributed by atoms with E-state index in [-0.39, 0.29) is 0 Å². The quantitative estimate of drug-likeness (QED) is 0.162. The molecule has 3 aromatic rings. The lowest BCUT2D eigenvalue weighted by Crippen LogP contribution is -2.12. The standard InChI is InChI=1S/C34H45Br2N/c1-5-9-13-26-17-27(14-10-6-2)20-32(19-26)37(34-24-30(35)23-31(36)25-34)33-21-28(15-11-7-3)18-29(22-33)16-12-8-4/h17-25H,5-16H2,1-4H3. The summed E-state index contributed by atoms with van der Waals surface area (Å²) in [6, 6.07) is 21.3. The first-order chi connectivity index (χ1) is 18.0. The smallest absolute Gasteiger partial charge is 0.0484 e. The highest BCUT2D eigenvalue weighted by atomic mass is 79.9. The zero-order valence-electron chi connectivity index (χ0n) is 23.4. The highest BCUT2D eigenvalue weighted by Crippen LogP contribution is 2.40. The number of halogens is 2. The zero-order valence-corrected chi connectivity index (χ0v) is 26.6. The predicted octanol–water partition coefficient (Wildman–Crippen LogP) is 12.1. The molecule has 3 rings (SSSR count). The average molecular weight is 628 g/mol. The molecule has 37 heavy (non-hydrogen) atoms. The van der Waals surface area contributed by atoms with Crippen molar-refractivity contribution in [3.63, 3.8) is 0 Å². The fourth-order valence-corrected chi connectivity index (χ4v) is 6.23. The zero-order chi connectivity index (χ0) is 26.6. The summed E-state index contributed by atoms with van der Waals surface area (Å²) < 4.78 is 2.17. The molecule has 3 heteroatoms. The largest absolute Gasteiger partial charge is 0.310 e. The maximum atomic E-state index is 3.76. The van der Waals surface area contributed by atoms with Gasteiger partial charge in [0, 0.05) is 26.0 Å². The van der Waals surface area contributed by atoms with Crippen LogP contribution in [0.4, 0.5) is 17.1 Å². The van der Waals surface area contributed by atoms with Crippen molar-refractivity contribution in [2.75, 3.05) is 4.90 Å². The molecule has 0 atom stereocenters. The molecule has 0 aliphatic heterocycles. The Bertz CT molecular complexity index is 985. The van der Waals surface area contributed by atoms with Crippen molar-refractivity contribution in [2.24, 2.45) is 0 Å². The Hall–Kier alpha value is -1.58. The normalized spacial score (nSPS) is 11.2. The molecule has 0 unspecified atom stereocenters. The van der Waals surface area contributed by atoms with Crippen LogP contribution in [0.15, 0.2) is 63.5 Å². The second-order valence-corrected chi connectivity index (χ2v) is 12.2. The van der Waals surface area contributed by atoms with E-state index in [1.165, 1.54) is 90.7 Å². The van der Waals surface area contributed by atoms with Crippen LogP contribution in [-0.4, -0.2) is 0 Å². The van der Waals surface area contributed by atoms with Crippen molar-refractivity contribution in [2.45, 2.75) is 105 Å². The third kappa shape index (κ3) is 9.29.